The largest absolute Gasteiger partial charge is 0.370 e. The van der Waals surface area contributed by atoms with Crippen LogP contribution in [0.3, 0.4) is 0 Å². The summed E-state index contributed by atoms with van der Waals surface area (Å²) in [5, 5.41) is 5.90. The van der Waals surface area contributed by atoms with Crippen molar-refractivity contribution in [2.75, 3.05) is 24.6 Å². The fraction of sp³-hybridized carbons (Fsp3) is 0.267. The quantitative estimate of drug-likeness (QED) is 0.911. The molecule has 2 heterocycles. The molecule has 0 amide bonds. The number of nitrogens with two attached hydrogens (primary N) is 1. The number of morpholine rings is 1. The van der Waals surface area contributed by atoms with Crippen molar-refractivity contribution in [2.45, 2.75) is 11.0 Å². The maximum atomic E-state index is 11.8. The van der Waals surface area contributed by atoms with Gasteiger partial charge in [0.1, 0.15) is 16.8 Å². The van der Waals surface area contributed by atoms with Crippen molar-refractivity contribution in [2.24, 2.45) is 5.14 Å². The zero-order valence-electron chi connectivity index (χ0n) is 12.2. The van der Waals surface area contributed by atoms with Crippen LogP contribution in [0.2, 0.25) is 5.02 Å². The average molecular weight is 354 g/mol. The van der Waals surface area contributed by atoms with E-state index >= 15 is 0 Å². The predicted octanol–water partition coefficient (Wildman–Crippen LogP) is 1.96. The Morgan fingerprint density at radius 3 is 2.78 bits per heavy atom. The molecule has 8 heteroatoms. The van der Waals surface area contributed by atoms with E-state index in [0.717, 1.165) is 5.56 Å². The number of nitrogens with zero attached hydrogens (tertiary/aromatic N) is 2. The summed E-state index contributed by atoms with van der Waals surface area (Å²) in [6.07, 6.45) is 1.29. The van der Waals surface area contributed by atoms with Crippen molar-refractivity contribution in [1.82, 2.24) is 4.98 Å². The van der Waals surface area contributed by atoms with Crippen LogP contribution in [-0.4, -0.2) is 33.1 Å². The number of ether oxygens (including phenoxy) is 1. The first-order chi connectivity index (χ1) is 11.0. The van der Waals surface area contributed by atoms with Gasteiger partial charge in [0.25, 0.3) is 0 Å². The van der Waals surface area contributed by atoms with Crippen molar-refractivity contribution >= 4 is 27.4 Å². The fourth-order valence-electron chi connectivity index (χ4n) is 2.61. The second-order valence-corrected chi connectivity index (χ2v) is 7.13. The molecule has 0 saturated carbocycles. The standard InChI is InChI=1S/C15H16ClN3O3S/c16-12-5-2-1-4-11(12)13-10-19(8-9-22-13)15-14(23(17,20)21)6-3-7-18-15/h1-7,13H,8-10H2,(H2,17,20,21)/t13-/m0/s1. The Hall–Kier alpha value is -1.67. The number of hydrogen-bond donors (Lipinski definition) is 1. The topological polar surface area (TPSA) is 85.5 Å². The number of primary sulfonamides is 1. The minimum Gasteiger partial charge on any atom is -0.370 e. The molecule has 1 saturated heterocycles. The molecular formula is C15H16ClN3O3S. The molecule has 1 atom stereocenters. The number of pyridine rings is 1. The van der Waals surface area contributed by atoms with Gasteiger partial charge in [-0.25, -0.2) is 18.5 Å². The van der Waals surface area contributed by atoms with Crippen LogP contribution in [0.15, 0.2) is 47.5 Å². The van der Waals surface area contributed by atoms with Crippen LogP contribution >= 0.6 is 11.6 Å². The lowest BCUT2D eigenvalue weighted by atomic mass is 10.1. The van der Waals surface area contributed by atoms with Gasteiger partial charge in [0, 0.05) is 29.9 Å². The second kappa shape index (κ2) is 6.45. The predicted molar refractivity (Wildman–Crippen MR) is 88.0 cm³/mol. The number of hydrogen-bond acceptors (Lipinski definition) is 5. The zero-order valence-corrected chi connectivity index (χ0v) is 13.8. The summed E-state index contributed by atoms with van der Waals surface area (Å²) in [4.78, 5) is 6.07. The van der Waals surface area contributed by atoms with Crippen LogP contribution in [0.1, 0.15) is 11.7 Å². The van der Waals surface area contributed by atoms with E-state index in [0.29, 0.717) is 30.5 Å². The monoisotopic (exact) mass is 353 g/mol. The van der Waals surface area contributed by atoms with Crippen molar-refractivity contribution in [1.29, 1.82) is 0 Å². The summed E-state index contributed by atoms with van der Waals surface area (Å²) in [5.74, 6) is 0.343. The first kappa shape index (κ1) is 16.2. The summed E-state index contributed by atoms with van der Waals surface area (Å²) in [7, 11) is -3.84. The highest BCUT2D eigenvalue weighted by molar-refractivity contribution is 7.89. The molecule has 2 N–H and O–H groups in total. The smallest absolute Gasteiger partial charge is 0.241 e. The Morgan fingerprint density at radius 1 is 1.26 bits per heavy atom. The van der Waals surface area contributed by atoms with Crippen LogP contribution in [0, 0.1) is 0 Å². The van der Waals surface area contributed by atoms with Gasteiger partial charge in [0.2, 0.25) is 10.0 Å². The van der Waals surface area contributed by atoms with Crippen molar-refractivity contribution in [3.05, 3.63) is 53.2 Å². The third-order valence-corrected chi connectivity index (χ3v) is 4.95. The molecule has 23 heavy (non-hydrogen) atoms. The average Bonchev–Trinajstić information content (AvgIpc) is 2.55. The Kier molecular flexibility index (Phi) is 4.54. The van der Waals surface area contributed by atoms with E-state index in [4.69, 9.17) is 21.5 Å². The molecule has 1 fully saturated rings. The van der Waals surface area contributed by atoms with Crippen LogP contribution < -0.4 is 10.0 Å². The Balaban J connectivity index is 1.93. The number of aromatic nitrogens is 1. The molecule has 0 unspecified atom stereocenters. The Labute approximate surface area is 139 Å². The van der Waals surface area contributed by atoms with Crippen molar-refractivity contribution in [3.63, 3.8) is 0 Å². The highest BCUT2D eigenvalue weighted by atomic mass is 35.5. The molecular weight excluding hydrogens is 338 g/mol. The summed E-state index contributed by atoms with van der Waals surface area (Å²) >= 11 is 6.23. The van der Waals surface area contributed by atoms with Crippen LogP contribution in [0.5, 0.6) is 0 Å². The van der Waals surface area contributed by atoms with E-state index in [1.165, 1.54) is 6.07 Å². The van der Waals surface area contributed by atoms with E-state index < -0.39 is 10.0 Å². The molecule has 1 aromatic heterocycles. The lowest BCUT2D eigenvalue weighted by Crippen LogP contribution is -2.40. The first-order valence-electron chi connectivity index (χ1n) is 7.05. The van der Waals surface area contributed by atoms with E-state index in [2.05, 4.69) is 4.98 Å². The minimum atomic E-state index is -3.84. The lowest BCUT2D eigenvalue weighted by molar-refractivity contribution is 0.0394. The number of rotatable bonds is 3. The third-order valence-electron chi connectivity index (χ3n) is 3.68. The van der Waals surface area contributed by atoms with Crippen LogP contribution in [0.25, 0.3) is 0 Å². The molecule has 0 spiro atoms. The molecule has 122 valence electrons. The fourth-order valence-corrected chi connectivity index (χ4v) is 3.57. The molecule has 1 aromatic carbocycles. The third kappa shape index (κ3) is 3.48. The normalized spacial score (nSPS) is 18.9. The number of anilines is 1. The van der Waals surface area contributed by atoms with Gasteiger partial charge in [-0.05, 0) is 18.2 Å². The lowest BCUT2D eigenvalue weighted by Gasteiger charge is -2.34. The van der Waals surface area contributed by atoms with Crippen molar-refractivity contribution in [3.8, 4) is 0 Å². The van der Waals surface area contributed by atoms with Gasteiger partial charge in [-0.1, -0.05) is 29.8 Å². The molecule has 0 bridgehead atoms. The highest BCUT2D eigenvalue weighted by Crippen LogP contribution is 2.31. The molecule has 0 aliphatic carbocycles. The van der Waals surface area contributed by atoms with E-state index in [1.807, 2.05) is 23.1 Å². The SMILES string of the molecule is NS(=O)(=O)c1cccnc1N1CCO[C@H](c2ccccc2Cl)C1. The molecule has 6 nitrogen and oxygen atoms in total. The van der Waals surface area contributed by atoms with Crippen LogP contribution in [0.4, 0.5) is 5.82 Å². The molecule has 1 aliphatic heterocycles. The summed E-state index contributed by atoms with van der Waals surface area (Å²) in [6.45, 7) is 1.42. The maximum absolute atomic E-state index is 11.8. The van der Waals surface area contributed by atoms with Crippen molar-refractivity contribution < 1.29 is 13.2 Å². The summed E-state index contributed by atoms with van der Waals surface area (Å²) in [5.41, 5.74) is 0.868. The van der Waals surface area contributed by atoms with Gasteiger partial charge in [0.15, 0.2) is 0 Å². The first-order valence-corrected chi connectivity index (χ1v) is 8.98. The molecule has 3 rings (SSSR count). The Morgan fingerprint density at radius 2 is 2.04 bits per heavy atom. The van der Waals surface area contributed by atoms with Gasteiger partial charge in [0.05, 0.1) is 6.61 Å². The van der Waals surface area contributed by atoms with Gasteiger partial charge in [-0.15, -0.1) is 0 Å². The highest BCUT2D eigenvalue weighted by Gasteiger charge is 2.27. The second-order valence-electron chi connectivity index (χ2n) is 5.20. The summed E-state index contributed by atoms with van der Waals surface area (Å²) in [6, 6.07) is 10.4. The van der Waals surface area contributed by atoms with Gasteiger partial charge < -0.3 is 9.64 Å². The van der Waals surface area contributed by atoms with Crippen LogP contribution in [-0.2, 0) is 14.8 Å². The molecule has 1 aliphatic rings. The van der Waals surface area contributed by atoms with Gasteiger partial charge >= 0.3 is 0 Å². The number of benzene rings is 1. The number of halogens is 1. The molecule has 0 radical (unpaired) electrons. The molecule has 2 aromatic rings. The van der Waals surface area contributed by atoms with E-state index in [9.17, 15) is 8.42 Å². The zero-order chi connectivity index (χ0) is 16.4. The maximum Gasteiger partial charge on any atom is 0.241 e. The van der Waals surface area contributed by atoms with E-state index in [1.54, 1.807) is 18.3 Å². The van der Waals surface area contributed by atoms with Gasteiger partial charge in [-0.3, -0.25) is 0 Å². The Bertz CT molecular complexity index is 813. The van der Waals surface area contributed by atoms with E-state index in [-0.39, 0.29) is 11.0 Å². The summed E-state index contributed by atoms with van der Waals surface area (Å²) < 4.78 is 29.3. The minimum absolute atomic E-state index is 0.0137. The van der Waals surface area contributed by atoms with Gasteiger partial charge in [-0.2, -0.15) is 0 Å². The number of sulfonamides is 1.